The van der Waals surface area contributed by atoms with Gasteiger partial charge in [-0.3, -0.25) is 9.78 Å². The fourth-order valence-electron chi connectivity index (χ4n) is 3.16. The first kappa shape index (κ1) is 17.9. The number of nitrogens with zero attached hydrogens (tertiary/aromatic N) is 1. The van der Waals surface area contributed by atoms with E-state index in [1.165, 1.54) is 6.42 Å². The molecule has 0 aliphatic heterocycles. The number of benzene rings is 1. The van der Waals surface area contributed by atoms with Crippen molar-refractivity contribution in [1.82, 2.24) is 15.6 Å². The van der Waals surface area contributed by atoms with Crippen LogP contribution in [-0.2, 0) is 6.54 Å². The standard InChI is InChI=1S/C20H24N4O2/c25-19(22-14-15-7-6-12-21-13-15)17-10-4-5-11-18(17)24-20(26)23-16-8-2-1-3-9-16/h4-7,10-13,16H,1-3,8-9,14H2,(H,22,25)(H2,23,24,26). The van der Waals surface area contributed by atoms with E-state index in [9.17, 15) is 9.59 Å². The molecule has 0 unspecified atom stereocenters. The predicted molar refractivity (Wildman–Crippen MR) is 101 cm³/mol. The molecule has 26 heavy (non-hydrogen) atoms. The smallest absolute Gasteiger partial charge is 0.319 e. The Hall–Kier alpha value is -2.89. The second-order valence-corrected chi connectivity index (χ2v) is 6.52. The third kappa shape index (κ3) is 5.05. The van der Waals surface area contributed by atoms with Crippen LogP contribution in [-0.4, -0.2) is 23.0 Å². The summed E-state index contributed by atoms with van der Waals surface area (Å²) in [4.78, 5) is 28.8. The van der Waals surface area contributed by atoms with Gasteiger partial charge in [-0.2, -0.15) is 0 Å². The van der Waals surface area contributed by atoms with E-state index in [-0.39, 0.29) is 18.0 Å². The van der Waals surface area contributed by atoms with Crippen molar-refractivity contribution < 1.29 is 9.59 Å². The topological polar surface area (TPSA) is 83.1 Å². The Morgan fingerprint density at radius 2 is 1.85 bits per heavy atom. The lowest BCUT2D eigenvalue weighted by atomic mass is 9.96. The number of nitrogens with one attached hydrogen (secondary N) is 3. The summed E-state index contributed by atoms with van der Waals surface area (Å²) in [5.74, 6) is -0.234. The fraction of sp³-hybridized carbons (Fsp3) is 0.350. The van der Waals surface area contributed by atoms with E-state index >= 15 is 0 Å². The molecule has 1 fully saturated rings. The van der Waals surface area contributed by atoms with E-state index < -0.39 is 0 Å². The Morgan fingerprint density at radius 3 is 2.62 bits per heavy atom. The van der Waals surface area contributed by atoms with Crippen molar-refractivity contribution in [1.29, 1.82) is 0 Å². The highest BCUT2D eigenvalue weighted by Crippen LogP contribution is 2.18. The molecule has 0 radical (unpaired) electrons. The van der Waals surface area contributed by atoms with Crippen molar-refractivity contribution in [3.63, 3.8) is 0 Å². The van der Waals surface area contributed by atoms with Gasteiger partial charge in [0.2, 0.25) is 0 Å². The third-order valence-corrected chi connectivity index (χ3v) is 4.54. The normalized spacial score (nSPS) is 14.5. The van der Waals surface area contributed by atoms with Gasteiger partial charge >= 0.3 is 6.03 Å². The number of urea groups is 1. The van der Waals surface area contributed by atoms with Crippen LogP contribution in [0.3, 0.4) is 0 Å². The number of hydrogen-bond acceptors (Lipinski definition) is 3. The maximum Gasteiger partial charge on any atom is 0.319 e. The second kappa shape index (κ2) is 8.99. The molecule has 1 aromatic carbocycles. The number of amides is 3. The van der Waals surface area contributed by atoms with Gasteiger partial charge in [0, 0.05) is 25.0 Å². The third-order valence-electron chi connectivity index (χ3n) is 4.54. The van der Waals surface area contributed by atoms with Crippen molar-refractivity contribution in [3.8, 4) is 0 Å². The van der Waals surface area contributed by atoms with Gasteiger partial charge in [0.05, 0.1) is 11.3 Å². The van der Waals surface area contributed by atoms with Crippen LogP contribution in [0.1, 0.15) is 48.0 Å². The molecule has 3 rings (SSSR count). The average molecular weight is 352 g/mol. The lowest BCUT2D eigenvalue weighted by Gasteiger charge is -2.23. The molecule has 1 aliphatic carbocycles. The van der Waals surface area contributed by atoms with Crippen LogP contribution in [0.5, 0.6) is 0 Å². The Kier molecular flexibility index (Phi) is 6.19. The molecule has 0 atom stereocenters. The van der Waals surface area contributed by atoms with Crippen LogP contribution in [0, 0.1) is 0 Å². The van der Waals surface area contributed by atoms with Gasteiger partial charge < -0.3 is 16.0 Å². The molecular weight excluding hydrogens is 328 g/mol. The fourth-order valence-corrected chi connectivity index (χ4v) is 3.16. The van der Waals surface area contributed by atoms with Crippen molar-refractivity contribution in [3.05, 3.63) is 59.9 Å². The second-order valence-electron chi connectivity index (χ2n) is 6.52. The van der Waals surface area contributed by atoms with Gasteiger partial charge in [-0.05, 0) is 36.6 Å². The Morgan fingerprint density at radius 1 is 1.04 bits per heavy atom. The Balaban J connectivity index is 1.59. The average Bonchev–Trinajstić information content (AvgIpc) is 2.68. The molecule has 3 N–H and O–H groups in total. The van der Waals surface area contributed by atoms with Crippen LogP contribution >= 0.6 is 0 Å². The van der Waals surface area contributed by atoms with Crippen LogP contribution in [0.15, 0.2) is 48.8 Å². The Bertz CT molecular complexity index is 742. The van der Waals surface area contributed by atoms with Crippen molar-refractivity contribution >= 4 is 17.6 Å². The van der Waals surface area contributed by atoms with Crippen molar-refractivity contribution in [2.24, 2.45) is 0 Å². The Labute approximate surface area is 153 Å². The van der Waals surface area contributed by atoms with Crippen molar-refractivity contribution in [2.75, 3.05) is 5.32 Å². The van der Waals surface area contributed by atoms with E-state index in [2.05, 4.69) is 20.9 Å². The van der Waals surface area contributed by atoms with Gasteiger partial charge in [-0.15, -0.1) is 0 Å². The first-order valence-corrected chi connectivity index (χ1v) is 9.06. The number of carbonyl (C=O) groups is 2. The zero-order valence-electron chi connectivity index (χ0n) is 14.7. The van der Waals surface area contributed by atoms with Gasteiger partial charge in [0.1, 0.15) is 0 Å². The van der Waals surface area contributed by atoms with E-state index in [0.29, 0.717) is 17.8 Å². The summed E-state index contributed by atoms with van der Waals surface area (Å²) in [7, 11) is 0. The SMILES string of the molecule is O=C(Nc1ccccc1C(=O)NCc1cccnc1)NC1CCCCC1. The summed E-state index contributed by atoms with van der Waals surface area (Å²) in [6.45, 7) is 0.384. The van der Waals surface area contributed by atoms with Crippen LogP contribution in [0.2, 0.25) is 0 Å². The first-order chi connectivity index (χ1) is 12.7. The molecular formula is C20H24N4O2. The zero-order valence-corrected chi connectivity index (χ0v) is 14.7. The molecule has 0 spiro atoms. The van der Waals surface area contributed by atoms with E-state index in [1.54, 1.807) is 36.7 Å². The summed E-state index contributed by atoms with van der Waals surface area (Å²) in [5, 5.41) is 8.67. The number of aromatic nitrogens is 1. The predicted octanol–water partition coefficient (Wildman–Crippen LogP) is 3.47. The number of pyridine rings is 1. The summed E-state index contributed by atoms with van der Waals surface area (Å²) in [5.41, 5.74) is 1.86. The number of hydrogen-bond donors (Lipinski definition) is 3. The van der Waals surface area contributed by atoms with Crippen LogP contribution in [0.25, 0.3) is 0 Å². The zero-order chi connectivity index (χ0) is 18.2. The highest BCUT2D eigenvalue weighted by molar-refractivity contribution is 6.03. The summed E-state index contributed by atoms with van der Waals surface area (Å²) >= 11 is 0. The first-order valence-electron chi connectivity index (χ1n) is 9.06. The summed E-state index contributed by atoms with van der Waals surface area (Å²) in [6.07, 6.45) is 8.97. The maximum absolute atomic E-state index is 12.5. The molecule has 6 heteroatoms. The lowest BCUT2D eigenvalue weighted by molar-refractivity contribution is 0.0951. The van der Waals surface area contributed by atoms with Gasteiger partial charge in [-0.1, -0.05) is 37.5 Å². The minimum absolute atomic E-state index is 0.218. The number of anilines is 1. The van der Waals surface area contributed by atoms with E-state index in [4.69, 9.17) is 0 Å². The lowest BCUT2D eigenvalue weighted by Crippen LogP contribution is -2.39. The molecule has 2 aromatic rings. The molecule has 1 aliphatic rings. The van der Waals surface area contributed by atoms with Crippen LogP contribution in [0.4, 0.5) is 10.5 Å². The summed E-state index contributed by atoms with van der Waals surface area (Å²) in [6, 6.07) is 10.7. The largest absolute Gasteiger partial charge is 0.348 e. The molecule has 1 saturated carbocycles. The van der Waals surface area contributed by atoms with Crippen molar-refractivity contribution in [2.45, 2.75) is 44.7 Å². The highest BCUT2D eigenvalue weighted by atomic mass is 16.2. The van der Waals surface area contributed by atoms with Crippen LogP contribution < -0.4 is 16.0 Å². The minimum Gasteiger partial charge on any atom is -0.348 e. The number of rotatable bonds is 5. The summed E-state index contributed by atoms with van der Waals surface area (Å²) < 4.78 is 0. The minimum atomic E-state index is -0.260. The molecule has 3 amide bonds. The maximum atomic E-state index is 12.5. The molecule has 1 aromatic heterocycles. The van der Waals surface area contributed by atoms with Gasteiger partial charge in [0.25, 0.3) is 5.91 Å². The monoisotopic (exact) mass is 352 g/mol. The van der Waals surface area contributed by atoms with E-state index in [0.717, 1.165) is 31.2 Å². The molecule has 0 saturated heterocycles. The molecule has 0 bridgehead atoms. The van der Waals surface area contributed by atoms with E-state index in [1.807, 2.05) is 12.1 Å². The number of para-hydroxylation sites is 1. The van der Waals surface area contributed by atoms with Gasteiger partial charge in [0.15, 0.2) is 0 Å². The number of carbonyl (C=O) groups excluding carboxylic acids is 2. The molecule has 6 nitrogen and oxygen atoms in total. The quantitative estimate of drug-likeness (QED) is 0.770. The molecule has 1 heterocycles. The highest BCUT2D eigenvalue weighted by Gasteiger charge is 2.17. The molecule has 136 valence electrons. The van der Waals surface area contributed by atoms with Gasteiger partial charge in [-0.25, -0.2) is 4.79 Å².